The highest BCUT2D eigenvalue weighted by molar-refractivity contribution is 5.31. The van der Waals surface area contributed by atoms with Crippen molar-refractivity contribution >= 4 is 0 Å². The average Bonchev–Trinajstić information content (AvgIpc) is 2.79. The van der Waals surface area contributed by atoms with Crippen LogP contribution in [0.25, 0.3) is 0 Å². The molecular formula is C13H15NO2. The zero-order valence-corrected chi connectivity index (χ0v) is 9.02. The molecule has 16 heavy (non-hydrogen) atoms. The molecule has 1 heterocycles. The number of aromatic hydroxyl groups is 1. The first-order chi connectivity index (χ1) is 7.86. The summed E-state index contributed by atoms with van der Waals surface area (Å²) in [6, 6.07) is 9.36. The molecule has 3 heteroatoms. The lowest BCUT2D eigenvalue weighted by Crippen LogP contribution is -2.16. The monoisotopic (exact) mass is 217 g/mol. The number of nitrogens with one attached hydrogen (secondary N) is 1. The molecule has 0 aliphatic heterocycles. The molecule has 0 saturated carbocycles. The molecule has 0 bridgehead atoms. The van der Waals surface area contributed by atoms with Crippen molar-refractivity contribution in [1.29, 1.82) is 0 Å². The Morgan fingerprint density at radius 2 is 2.06 bits per heavy atom. The van der Waals surface area contributed by atoms with Gasteiger partial charge in [-0.05, 0) is 30.7 Å². The number of para-hydroxylation sites is 1. The van der Waals surface area contributed by atoms with Crippen LogP contribution in [0.5, 0.6) is 5.75 Å². The van der Waals surface area contributed by atoms with Gasteiger partial charge in [-0.2, -0.15) is 0 Å². The van der Waals surface area contributed by atoms with E-state index in [1.807, 2.05) is 24.3 Å². The van der Waals surface area contributed by atoms with Gasteiger partial charge >= 0.3 is 0 Å². The van der Waals surface area contributed by atoms with Crippen molar-refractivity contribution in [1.82, 2.24) is 5.32 Å². The molecule has 2 N–H and O–H groups in total. The predicted octanol–water partition coefficient (Wildman–Crippen LogP) is 2.32. The van der Waals surface area contributed by atoms with E-state index in [0.717, 1.165) is 30.6 Å². The van der Waals surface area contributed by atoms with Crippen molar-refractivity contribution < 1.29 is 9.52 Å². The van der Waals surface area contributed by atoms with Crippen LogP contribution in [0.2, 0.25) is 0 Å². The third-order valence-corrected chi connectivity index (χ3v) is 2.47. The van der Waals surface area contributed by atoms with Crippen LogP contribution < -0.4 is 5.32 Å². The van der Waals surface area contributed by atoms with Crippen molar-refractivity contribution in [3.05, 3.63) is 54.0 Å². The normalized spacial score (nSPS) is 10.5. The van der Waals surface area contributed by atoms with E-state index in [0.29, 0.717) is 5.75 Å². The zero-order valence-electron chi connectivity index (χ0n) is 9.02. The fourth-order valence-corrected chi connectivity index (χ4v) is 1.57. The summed E-state index contributed by atoms with van der Waals surface area (Å²) in [5.74, 6) is 0.368. The van der Waals surface area contributed by atoms with Gasteiger partial charge in [0.05, 0.1) is 12.5 Å². The van der Waals surface area contributed by atoms with Crippen LogP contribution in [0, 0.1) is 0 Å². The third-order valence-electron chi connectivity index (χ3n) is 2.47. The highest BCUT2D eigenvalue weighted by Crippen LogP contribution is 2.15. The Balaban J connectivity index is 1.74. The number of phenols is 1. The minimum atomic E-state index is 0.368. The minimum absolute atomic E-state index is 0.368. The van der Waals surface area contributed by atoms with E-state index in [-0.39, 0.29) is 0 Å². The smallest absolute Gasteiger partial charge is 0.118 e. The topological polar surface area (TPSA) is 45.4 Å². The van der Waals surface area contributed by atoms with Gasteiger partial charge in [0.15, 0.2) is 0 Å². The van der Waals surface area contributed by atoms with Crippen molar-refractivity contribution in [2.24, 2.45) is 0 Å². The third kappa shape index (κ3) is 2.87. The molecule has 1 aromatic heterocycles. The van der Waals surface area contributed by atoms with Gasteiger partial charge in [-0.1, -0.05) is 18.2 Å². The Morgan fingerprint density at radius 1 is 1.19 bits per heavy atom. The number of hydrogen-bond acceptors (Lipinski definition) is 3. The second-order valence-electron chi connectivity index (χ2n) is 3.69. The van der Waals surface area contributed by atoms with Crippen molar-refractivity contribution in [2.75, 3.05) is 6.54 Å². The summed E-state index contributed by atoms with van der Waals surface area (Å²) in [4.78, 5) is 0. The molecule has 0 fully saturated rings. The molecule has 84 valence electrons. The van der Waals surface area contributed by atoms with Crippen LogP contribution >= 0.6 is 0 Å². The number of furan rings is 1. The zero-order chi connectivity index (χ0) is 11.2. The van der Waals surface area contributed by atoms with Gasteiger partial charge in [0.1, 0.15) is 5.75 Å². The highest BCUT2D eigenvalue weighted by Gasteiger charge is 1.99. The van der Waals surface area contributed by atoms with Crippen LogP contribution in [-0.2, 0) is 13.0 Å². The molecular weight excluding hydrogens is 202 g/mol. The summed E-state index contributed by atoms with van der Waals surface area (Å²) >= 11 is 0. The summed E-state index contributed by atoms with van der Waals surface area (Å²) < 4.78 is 4.97. The molecule has 0 radical (unpaired) electrons. The lowest BCUT2D eigenvalue weighted by atomic mass is 10.1. The molecule has 0 unspecified atom stereocenters. The first kappa shape index (κ1) is 10.8. The second-order valence-corrected chi connectivity index (χ2v) is 3.69. The summed E-state index contributed by atoms with van der Waals surface area (Å²) in [5.41, 5.74) is 2.11. The van der Waals surface area contributed by atoms with Gasteiger partial charge in [0, 0.05) is 12.1 Å². The molecule has 3 nitrogen and oxygen atoms in total. The largest absolute Gasteiger partial charge is 0.508 e. The van der Waals surface area contributed by atoms with Crippen molar-refractivity contribution in [3.8, 4) is 5.75 Å². The van der Waals surface area contributed by atoms with E-state index in [4.69, 9.17) is 4.42 Å². The Hall–Kier alpha value is -1.74. The fourth-order valence-electron chi connectivity index (χ4n) is 1.57. The van der Waals surface area contributed by atoms with E-state index < -0.39 is 0 Å². The van der Waals surface area contributed by atoms with E-state index in [1.165, 1.54) is 0 Å². The number of benzene rings is 1. The lowest BCUT2D eigenvalue weighted by Gasteiger charge is -2.05. The van der Waals surface area contributed by atoms with Gasteiger partial charge in [0.2, 0.25) is 0 Å². The van der Waals surface area contributed by atoms with Gasteiger partial charge in [-0.3, -0.25) is 0 Å². The quantitative estimate of drug-likeness (QED) is 0.755. The summed E-state index contributed by atoms with van der Waals surface area (Å²) in [5, 5.41) is 12.8. The Bertz CT molecular complexity index is 423. The van der Waals surface area contributed by atoms with Crippen LogP contribution in [-0.4, -0.2) is 11.7 Å². The fraction of sp³-hybridized carbons (Fsp3) is 0.231. The SMILES string of the molecule is Oc1ccccc1CCNCc1ccoc1. The molecule has 0 amide bonds. The minimum Gasteiger partial charge on any atom is -0.508 e. The summed E-state index contributed by atoms with van der Waals surface area (Å²) in [7, 11) is 0. The Labute approximate surface area is 94.7 Å². The average molecular weight is 217 g/mol. The van der Waals surface area contributed by atoms with E-state index in [9.17, 15) is 5.11 Å². The molecule has 0 spiro atoms. The molecule has 0 aliphatic carbocycles. The van der Waals surface area contributed by atoms with Crippen LogP contribution in [0.4, 0.5) is 0 Å². The van der Waals surface area contributed by atoms with Crippen LogP contribution in [0.1, 0.15) is 11.1 Å². The first-order valence-electron chi connectivity index (χ1n) is 5.35. The molecule has 2 rings (SSSR count). The number of hydrogen-bond donors (Lipinski definition) is 2. The molecule has 0 atom stereocenters. The number of phenolic OH excluding ortho intramolecular Hbond substituents is 1. The molecule has 2 aromatic rings. The maximum atomic E-state index is 9.55. The van der Waals surface area contributed by atoms with Gasteiger partial charge in [-0.15, -0.1) is 0 Å². The number of rotatable bonds is 5. The van der Waals surface area contributed by atoms with Crippen LogP contribution in [0.15, 0.2) is 47.3 Å². The van der Waals surface area contributed by atoms with Gasteiger partial charge in [0.25, 0.3) is 0 Å². The summed E-state index contributed by atoms with van der Waals surface area (Å²) in [6.07, 6.45) is 4.22. The molecule has 0 aliphatic rings. The first-order valence-corrected chi connectivity index (χ1v) is 5.35. The Kier molecular flexibility index (Phi) is 3.62. The summed E-state index contributed by atoms with van der Waals surface area (Å²) in [6.45, 7) is 1.63. The predicted molar refractivity (Wildman–Crippen MR) is 62.2 cm³/mol. The lowest BCUT2D eigenvalue weighted by molar-refractivity contribution is 0.467. The standard InChI is InChI=1S/C13H15NO2/c15-13-4-2-1-3-12(13)5-7-14-9-11-6-8-16-10-11/h1-4,6,8,10,14-15H,5,7,9H2. The van der Waals surface area contributed by atoms with E-state index in [1.54, 1.807) is 18.6 Å². The molecule has 0 saturated heterocycles. The van der Waals surface area contributed by atoms with E-state index in [2.05, 4.69) is 5.32 Å². The van der Waals surface area contributed by atoms with Crippen LogP contribution in [0.3, 0.4) is 0 Å². The van der Waals surface area contributed by atoms with Crippen molar-refractivity contribution in [3.63, 3.8) is 0 Å². The highest BCUT2D eigenvalue weighted by atomic mass is 16.3. The van der Waals surface area contributed by atoms with Crippen molar-refractivity contribution in [2.45, 2.75) is 13.0 Å². The second kappa shape index (κ2) is 5.37. The van der Waals surface area contributed by atoms with E-state index >= 15 is 0 Å². The maximum Gasteiger partial charge on any atom is 0.118 e. The Morgan fingerprint density at radius 3 is 2.81 bits per heavy atom. The molecule has 1 aromatic carbocycles. The van der Waals surface area contributed by atoms with Gasteiger partial charge < -0.3 is 14.8 Å². The van der Waals surface area contributed by atoms with Gasteiger partial charge in [-0.25, -0.2) is 0 Å². The maximum absolute atomic E-state index is 9.55.